The number of nitrogens with one attached hydrogen (secondary N) is 1. The molecule has 0 atom stereocenters. The highest BCUT2D eigenvalue weighted by molar-refractivity contribution is 7.97. The van der Waals surface area contributed by atoms with Crippen molar-refractivity contribution < 1.29 is 4.79 Å². The Hall–Kier alpha value is -0.800. The monoisotopic (exact) mass is 195 g/mol. The molecule has 0 bridgehead atoms. The third-order valence-electron chi connectivity index (χ3n) is 1.41. The maximum atomic E-state index is 10.5. The van der Waals surface area contributed by atoms with E-state index in [1.54, 1.807) is 18.0 Å². The van der Waals surface area contributed by atoms with Gasteiger partial charge in [-0.3, -0.25) is 9.52 Å². The summed E-state index contributed by atoms with van der Waals surface area (Å²) in [6.45, 7) is 4.16. The Balaban J connectivity index is 2.61. The van der Waals surface area contributed by atoms with Gasteiger partial charge in [0.15, 0.2) is 0 Å². The smallest absolute Gasteiger partial charge is 0.150 e. The van der Waals surface area contributed by atoms with Gasteiger partial charge in [-0.2, -0.15) is 0 Å². The molecule has 0 aliphatic carbocycles. The van der Waals surface area contributed by atoms with Crippen LogP contribution in [0.3, 0.4) is 0 Å². The Bertz CT molecular complexity index is 286. The number of carbonyl (C=O) groups excluding carboxylic acids is 1. The zero-order chi connectivity index (χ0) is 9.68. The number of aldehydes is 1. The Morgan fingerprint density at radius 2 is 2.23 bits per heavy atom. The van der Waals surface area contributed by atoms with Crippen LogP contribution < -0.4 is 4.72 Å². The number of hydrogen-bond donors (Lipinski definition) is 1. The van der Waals surface area contributed by atoms with Gasteiger partial charge in [0.2, 0.25) is 0 Å². The van der Waals surface area contributed by atoms with Gasteiger partial charge in [-0.15, -0.1) is 0 Å². The van der Waals surface area contributed by atoms with E-state index in [0.717, 1.165) is 16.7 Å². The first-order valence-corrected chi connectivity index (χ1v) is 5.01. The van der Waals surface area contributed by atoms with Crippen LogP contribution in [0.2, 0.25) is 0 Å². The first kappa shape index (κ1) is 10.3. The zero-order valence-corrected chi connectivity index (χ0v) is 8.60. The lowest BCUT2D eigenvalue weighted by atomic mass is 10.2. The molecule has 1 rings (SSSR count). The molecule has 0 saturated carbocycles. The van der Waals surface area contributed by atoms with Gasteiger partial charge >= 0.3 is 0 Å². The molecular weight excluding hydrogens is 182 g/mol. The maximum Gasteiger partial charge on any atom is 0.150 e. The van der Waals surface area contributed by atoms with Crippen LogP contribution in [0.1, 0.15) is 24.2 Å². The highest BCUT2D eigenvalue weighted by Crippen LogP contribution is 2.15. The number of rotatable bonds is 4. The van der Waals surface area contributed by atoms with E-state index in [1.165, 1.54) is 0 Å². The molecule has 0 spiro atoms. The van der Waals surface area contributed by atoms with Gasteiger partial charge in [0, 0.05) is 16.5 Å². The lowest BCUT2D eigenvalue weighted by Crippen LogP contribution is -2.13. The fraction of sp³-hybridized carbons (Fsp3) is 0.300. The second-order valence-corrected chi connectivity index (χ2v) is 3.98. The summed E-state index contributed by atoms with van der Waals surface area (Å²) in [5.41, 5.74) is 0.718. The van der Waals surface area contributed by atoms with E-state index < -0.39 is 0 Å². The van der Waals surface area contributed by atoms with Crippen LogP contribution in [0, 0.1) is 0 Å². The molecule has 0 unspecified atom stereocenters. The van der Waals surface area contributed by atoms with Crippen LogP contribution in [-0.2, 0) is 0 Å². The average Bonchev–Trinajstić information content (AvgIpc) is 2.15. The minimum atomic E-state index is 0.435. The molecule has 0 radical (unpaired) electrons. The fourth-order valence-electron chi connectivity index (χ4n) is 0.837. The summed E-state index contributed by atoms with van der Waals surface area (Å²) in [6, 6.07) is 7.96. The van der Waals surface area contributed by atoms with Crippen LogP contribution >= 0.6 is 11.9 Å². The molecule has 70 valence electrons. The van der Waals surface area contributed by atoms with Crippen molar-refractivity contribution in [3.05, 3.63) is 29.8 Å². The Morgan fingerprint density at radius 3 is 2.85 bits per heavy atom. The van der Waals surface area contributed by atoms with Crippen LogP contribution in [-0.4, -0.2) is 12.3 Å². The normalized spacial score (nSPS) is 10.4. The third kappa shape index (κ3) is 3.61. The minimum Gasteiger partial charge on any atom is -0.298 e. The summed E-state index contributed by atoms with van der Waals surface area (Å²) in [5, 5.41) is 0. The van der Waals surface area contributed by atoms with Gasteiger partial charge in [-0.1, -0.05) is 12.1 Å². The fourth-order valence-corrected chi connectivity index (χ4v) is 1.55. The van der Waals surface area contributed by atoms with Gasteiger partial charge < -0.3 is 0 Å². The predicted octanol–water partition coefficient (Wildman–Crippen LogP) is 2.50. The lowest BCUT2D eigenvalue weighted by Gasteiger charge is -2.06. The molecule has 0 fully saturated rings. The Kier molecular flexibility index (Phi) is 3.99. The second kappa shape index (κ2) is 5.04. The molecule has 13 heavy (non-hydrogen) atoms. The van der Waals surface area contributed by atoms with E-state index in [4.69, 9.17) is 0 Å². The summed E-state index contributed by atoms with van der Waals surface area (Å²) in [5.74, 6) is 0. The molecular formula is C10H13NOS. The van der Waals surface area contributed by atoms with Crippen molar-refractivity contribution >= 4 is 18.2 Å². The van der Waals surface area contributed by atoms with Crippen LogP contribution in [0.25, 0.3) is 0 Å². The minimum absolute atomic E-state index is 0.435. The highest BCUT2D eigenvalue weighted by atomic mass is 32.2. The summed E-state index contributed by atoms with van der Waals surface area (Å²) >= 11 is 1.55. The molecule has 1 N–H and O–H groups in total. The SMILES string of the molecule is CC(C)NSc1cccc(C=O)c1. The highest BCUT2D eigenvalue weighted by Gasteiger charge is 1.97. The molecule has 0 aliphatic rings. The average molecular weight is 195 g/mol. The number of hydrogen-bond acceptors (Lipinski definition) is 3. The summed E-state index contributed by atoms with van der Waals surface area (Å²) in [4.78, 5) is 11.5. The van der Waals surface area contributed by atoms with Crippen molar-refractivity contribution in [1.82, 2.24) is 4.72 Å². The van der Waals surface area contributed by atoms with E-state index in [2.05, 4.69) is 18.6 Å². The Morgan fingerprint density at radius 1 is 1.46 bits per heavy atom. The number of benzene rings is 1. The first-order chi connectivity index (χ1) is 6.22. The third-order valence-corrected chi connectivity index (χ3v) is 2.49. The van der Waals surface area contributed by atoms with Crippen LogP contribution in [0.4, 0.5) is 0 Å². The molecule has 0 amide bonds. The van der Waals surface area contributed by atoms with Gasteiger partial charge in [-0.05, 0) is 37.9 Å². The van der Waals surface area contributed by atoms with Crippen LogP contribution in [0.5, 0.6) is 0 Å². The van der Waals surface area contributed by atoms with Crippen molar-refractivity contribution in [1.29, 1.82) is 0 Å². The quantitative estimate of drug-likeness (QED) is 0.591. The summed E-state index contributed by atoms with van der Waals surface area (Å²) in [7, 11) is 0. The van der Waals surface area contributed by atoms with Crippen molar-refractivity contribution in [2.45, 2.75) is 24.8 Å². The second-order valence-electron chi connectivity index (χ2n) is 3.06. The zero-order valence-electron chi connectivity index (χ0n) is 7.78. The lowest BCUT2D eigenvalue weighted by molar-refractivity contribution is 0.112. The molecule has 0 aromatic heterocycles. The molecule has 0 aliphatic heterocycles. The van der Waals surface area contributed by atoms with Crippen molar-refractivity contribution in [3.63, 3.8) is 0 Å². The standard InChI is InChI=1S/C10H13NOS/c1-8(2)11-13-10-5-3-4-9(6-10)7-12/h3-8,11H,1-2H3. The van der Waals surface area contributed by atoms with Crippen molar-refractivity contribution in [2.75, 3.05) is 0 Å². The van der Waals surface area contributed by atoms with E-state index in [-0.39, 0.29) is 0 Å². The summed E-state index contributed by atoms with van der Waals surface area (Å²) < 4.78 is 3.21. The molecule has 2 nitrogen and oxygen atoms in total. The Labute approximate surface area is 82.9 Å². The van der Waals surface area contributed by atoms with Crippen molar-refractivity contribution in [3.8, 4) is 0 Å². The van der Waals surface area contributed by atoms with E-state index >= 15 is 0 Å². The van der Waals surface area contributed by atoms with E-state index in [0.29, 0.717) is 6.04 Å². The topological polar surface area (TPSA) is 29.1 Å². The largest absolute Gasteiger partial charge is 0.298 e. The molecule has 1 aromatic carbocycles. The van der Waals surface area contributed by atoms with Gasteiger partial charge in [-0.25, -0.2) is 0 Å². The van der Waals surface area contributed by atoms with E-state index in [1.807, 2.05) is 18.2 Å². The van der Waals surface area contributed by atoms with Crippen molar-refractivity contribution in [2.24, 2.45) is 0 Å². The van der Waals surface area contributed by atoms with Gasteiger partial charge in [0.1, 0.15) is 6.29 Å². The molecule has 0 saturated heterocycles. The summed E-state index contributed by atoms with van der Waals surface area (Å²) in [6.07, 6.45) is 0.861. The van der Waals surface area contributed by atoms with E-state index in [9.17, 15) is 4.79 Å². The predicted molar refractivity (Wildman–Crippen MR) is 56.0 cm³/mol. The first-order valence-electron chi connectivity index (χ1n) is 4.20. The van der Waals surface area contributed by atoms with Crippen LogP contribution in [0.15, 0.2) is 29.2 Å². The number of carbonyl (C=O) groups is 1. The maximum absolute atomic E-state index is 10.5. The molecule has 0 heterocycles. The van der Waals surface area contributed by atoms with Gasteiger partial charge in [0.05, 0.1) is 0 Å². The molecule has 3 heteroatoms. The van der Waals surface area contributed by atoms with Gasteiger partial charge in [0.25, 0.3) is 0 Å². The molecule has 1 aromatic rings.